The smallest absolute Gasteiger partial charge is 0.225 e. The highest BCUT2D eigenvalue weighted by Gasteiger charge is 2.23. The van der Waals surface area contributed by atoms with E-state index in [2.05, 4.69) is 5.32 Å². The number of carbonyl (C=O) groups is 1. The van der Waals surface area contributed by atoms with Gasteiger partial charge in [0.2, 0.25) is 5.91 Å². The molecule has 1 aromatic carbocycles. The van der Waals surface area contributed by atoms with Crippen molar-refractivity contribution in [3.05, 3.63) is 30.1 Å². The van der Waals surface area contributed by atoms with E-state index in [0.717, 1.165) is 32.4 Å². The minimum absolute atomic E-state index is 0. The second kappa shape index (κ2) is 9.64. The highest BCUT2D eigenvalue weighted by molar-refractivity contribution is 5.85. The Labute approximate surface area is 137 Å². The van der Waals surface area contributed by atoms with E-state index < -0.39 is 0 Å². The van der Waals surface area contributed by atoms with Crippen LogP contribution in [0.5, 0.6) is 5.75 Å². The summed E-state index contributed by atoms with van der Waals surface area (Å²) in [5.74, 6) is 0.783. The van der Waals surface area contributed by atoms with Gasteiger partial charge in [-0.05, 0) is 56.6 Å². The average molecular weight is 331 g/mol. The molecule has 124 valence electrons. The first-order chi connectivity index (χ1) is 10.2. The van der Waals surface area contributed by atoms with Crippen LogP contribution in [0.15, 0.2) is 24.3 Å². The van der Waals surface area contributed by atoms with Gasteiger partial charge in [-0.1, -0.05) is 0 Å². The minimum atomic E-state index is -0.269. The number of rotatable bonds is 6. The van der Waals surface area contributed by atoms with Gasteiger partial charge in [0.05, 0.1) is 6.61 Å². The van der Waals surface area contributed by atoms with Crippen molar-refractivity contribution in [3.63, 3.8) is 0 Å². The summed E-state index contributed by atoms with van der Waals surface area (Å²) in [6.07, 6.45) is 2.62. The van der Waals surface area contributed by atoms with Gasteiger partial charge in [-0.3, -0.25) is 4.79 Å². The SMILES string of the molecule is CN(CCCOc1ccc(F)cc1)C(=O)C1CCNCC1.Cl. The fraction of sp³-hybridized carbons (Fsp3) is 0.562. The Kier molecular flexibility index (Phi) is 8.20. The standard InChI is InChI=1S/C16H23FN2O2.ClH/c1-19(16(20)13-7-9-18-10-8-13)11-2-12-21-15-5-3-14(17)4-6-15;/h3-6,13,18H,2,7-12H2,1H3;1H. The quantitative estimate of drug-likeness (QED) is 0.815. The molecule has 4 nitrogen and oxygen atoms in total. The summed E-state index contributed by atoms with van der Waals surface area (Å²) in [5, 5.41) is 3.27. The van der Waals surface area contributed by atoms with Crippen LogP contribution in [0.25, 0.3) is 0 Å². The molecule has 1 fully saturated rings. The molecule has 1 amide bonds. The number of halogens is 2. The molecule has 1 aromatic rings. The van der Waals surface area contributed by atoms with Crippen LogP contribution in [0.2, 0.25) is 0 Å². The van der Waals surface area contributed by atoms with E-state index in [-0.39, 0.29) is 30.0 Å². The lowest BCUT2D eigenvalue weighted by molar-refractivity contribution is -0.135. The van der Waals surface area contributed by atoms with Crippen molar-refractivity contribution in [2.24, 2.45) is 5.92 Å². The van der Waals surface area contributed by atoms with Crippen molar-refractivity contribution in [2.75, 3.05) is 33.3 Å². The second-order valence-corrected chi connectivity index (χ2v) is 5.44. The molecule has 1 heterocycles. The number of hydrogen-bond donors (Lipinski definition) is 1. The van der Waals surface area contributed by atoms with Gasteiger partial charge in [0.15, 0.2) is 0 Å². The van der Waals surface area contributed by atoms with E-state index >= 15 is 0 Å². The van der Waals surface area contributed by atoms with Crippen molar-refractivity contribution in [2.45, 2.75) is 19.3 Å². The number of piperidine rings is 1. The zero-order chi connectivity index (χ0) is 15.1. The number of carbonyl (C=O) groups excluding carboxylic acids is 1. The number of nitrogens with zero attached hydrogens (tertiary/aromatic N) is 1. The van der Waals surface area contributed by atoms with Gasteiger partial charge >= 0.3 is 0 Å². The molecule has 0 saturated carbocycles. The van der Waals surface area contributed by atoms with Crippen molar-refractivity contribution < 1.29 is 13.9 Å². The van der Waals surface area contributed by atoms with Crippen LogP contribution in [0.1, 0.15) is 19.3 Å². The lowest BCUT2D eigenvalue weighted by Gasteiger charge is -2.26. The van der Waals surface area contributed by atoms with Gasteiger partial charge in [0.25, 0.3) is 0 Å². The predicted octanol–water partition coefficient (Wildman–Crippen LogP) is 2.47. The fourth-order valence-corrected chi connectivity index (χ4v) is 2.51. The second-order valence-electron chi connectivity index (χ2n) is 5.44. The molecule has 0 atom stereocenters. The first kappa shape index (κ1) is 18.7. The third-order valence-corrected chi connectivity index (χ3v) is 3.78. The van der Waals surface area contributed by atoms with Crippen LogP contribution >= 0.6 is 12.4 Å². The van der Waals surface area contributed by atoms with Crippen molar-refractivity contribution >= 4 is 18.3 Å². The number of ether oxygens (including phenoxy) is 1. The predicted molar refractivity (Wildman–Crippen MR) is 87.0 cm³/mol. The van der Waals surface area contributed by atoms with Crippen LogP contribution in [-0.4, -0.2) is 44.1 Å². The molecule has 1 aliphatic heterocycles. The largest absolute Gasteiger partial charge is 0.494 e. The number of amides is 1. The summed E-state index contributed by atoms with van der Waals surface area (Å²) in [4.78, 5) is 14.0. The van der Waals surface area contributed by atoms with Crippen LogP contribution in [0.4, 0.5) is 4.39 Å². The molecule has 1 saturated heterocycles. The Morgan fingerprint density at radius 1 is 1.32 bits per heavy atom. The van der Waals surface area contributed by atoms with E-state index in [0.29, 0.717) is 18.9 Å². The molecule has 1 N–H and O–H groups in total. The Morgan fingerprint density at radius 3 is 2.59 bits per heavy atom. The molecule has 0 unspecified atom stereocenters. The van der Waals surface area contributed by atoms with E-state index in [4.69, 9.17) is 4.74 Å². The van der Waals surface area contributed by atoms with Gasteiger partial charge in [-0.2, -0.15) is 0 Å². The van der Waals surface area contributed by atoms with E-state index in [1.54, 1.807) is 17.0 Å². The lowest BCUT2D eigenvalue weighted by Crippen LogP contribution is -2.39. The maximum atomic E-state index is 12.7. The topological polar surface area (TPSA) is 41.6 Å². The van der Waals surface area contributed by atoms with E-state index in [9.17, 15) is 9.18 Å². The summed E-state index contributed by atoms with van der Waals surface area (Å²) in [5.41, 5.74) is 0. The molecule has 1 aliphatic rings. The minimum Gasteiger partial charge on any atom is -0.494 e. The van der Waals surface area contributed by atoms with Gasteiger partial charge in [-0.25, -0.2) is 4.39 Å². The molecule has 0 spiro atoms. The Bertz CT molecular complexity index is 450. The highest BCUT2D eigenvalue weighted by Crippen LogP contribution is 2.15. The first-order valence-corrected chi connectivity index (χ1v) is 7.51. The maximum Gasteiger partial charge on any atom is 0.225 e. The normalized spacial score (nSPS) is 15.0. The van der Waals surface area contributed by atoms with Crippen molar-refractivity contribution in [1.29, 1.82) is 0 Å². The molecule has 6 heteroatoms. The third-order valence-electron chi connectivity index (χ3n) is 3.78. The summed E-state index contributed by atoms with van der Waals surface area (Å²) >= 11 is 0. The van der Waals surface area contributed by atoms with Gasteiger partial charge in [0.1, 0.15) is 11.6 Å². The van der Waals surface area contributed by atoms with Gasteiger partial charge in [0, 0.05) is 19.5 Å². The molecule has 22 heavy (non-hydrogen) atoms. The van der Waals surface area contributed by atoms with Gasteiger partial charge in [-0.15, -0.1) is 12.4 Å². The molecular formula is C16H24ClFN2O2. The Hall–Kier alpha value is -1.33. The molecule has 0 radical (unpaired) electrons. The van der Waals surface area contributed by atoms with Gasteiger partial charge < -0.3 is 15.0 Å². The lowest BCUT2D eigenvalue weighted by atomic mass is 9.97. The first-order valence-electron chi connectivity index (χ1n) is 7.51. The summed E-state index contributed by atoms with van der Waals surface area (Å²) in [6.45, 7) is 3.06. The summed E-state index contributed by atoms with van der Waals surface area (Å²) in [7, 11) is 1.85. The van der Waals surface area contributed by atoms with Crippen LogP contribution in [0, 0.1) is 11.7 Å². The highest BCUT2D eigenvalue weighted by atomic mass is 35.5. The number of nitrogens with one attached hydrogen (secondary N) is 1. The van der Waals surface area contributed by atoms with E-state index in [1.807, 2.05) is 7.05 Å². The molecule has 0 bridgehead atoms. The average Bonchev–Trinajstić information content (AvgIpc) is 2.53. The van der Waals surface area contributed by atoms with Crippen molar-refractivity contribution in [3.8, 4) is 5.75 Å². The zero-order valence-corrected chi connectivity index (χ0v) is 13.7. The maximum absolute atomic E-state index is 12.7. The molecular weight excluding hydrogens is 307 g/mol. The number of hydrogen-bond acceptors (Lipinski definition) is 3. The molecule has 2 rings (SSSR count). The monoisotopic (exact) mass is 330 g/mol. The molecule has 0 aliphatic carbocycles. The summed E-state index contributed by atoms with van der Waals surface area (Å²) in [6, 6.07) is 5.97. The summed E-state index contributed by atoms with van der Waals surface area (Å²) < 4.78 is 18.3. The van der Waals surface area contributed by atoms with Crippen LogP contribution in [-0.2, 0) is 4.79 Å². The van der Waals surface area contributed by atoms with E-state index in [1.165, 1.54) is 12.1 Å². The third kappa shape index (κ3) is 5.81. The van der Waals surface area contributed by atoms with Crippen molar-refractivity contribution in [1.82, 2.24) is 10.2 Å². The number of benzene rings is 1. The fourth-order valence-electron chi connectivity index (χ4n) is 2.51. The Balaban J connectivity index is 0.00000242. The molecule has 0 aromatic heterocycles. The zero-order valence-electron chi connectivity index (χ0n) is 12.9. The van der Waals surface area contributed by atoms with Crippen LogP contribution in [0.3, 0.4) is 0 Å². The van der Waals surface area contributed by atoms with Crippen LogP contribution < -0.4 is 10.1 Å². The Morgan fingerprint density at radius 2 is 1.95 bits per heavy atom.